The number of likely N-dealkylation sites (N-methyl/N-ethyl adjacent to an activating group) is 1. The monoisotopic (exact) mass is 352 g/mol. The van der Waals surface area contributed by atoms with Gasteiger partial charge in [-0.15, -0.1) is 0 Å². The van der Waals surface area contributed by atoms with Crippen molar-refractivity contribution in [2.45, 2.75) is 12.5 Å². The van der Waals surface area contributed by atoms with E-state index in [1.165, 1.54) is 4.90 Å². The standard InChI is InChI=1S/C15H18BrN3O2/c1-18-5-7-19(8-6-18)15(20)14-10-13(17-21-14)11-3-2-4-12(16)9-11/h2-4,9,14H,5-8,10H2,1H3/p+1/t14-/m1/s1. The Morgan fingerprint density at radius 1 is 1.43 bits per heavy atom. The van der Waals surface area contributed by atoms with Crippen LogP contribution in [0, 0.1) is 0 Å². The summed E-state index contributed by atoms with van der Waals surface area (Å²) in [6, 6.07) is 7.91. The predicted molar refractivity (Wildman–Crippen MR) is 83.4 cm³/mol. The van der Waals surface area contributed by atoms with E-state index in [1.54, 1.807) is 0 Å². The number of hydrogen-bond acceptors (Lipinski definition) is 3. The van der Waals surface area contributed by atoms with Gasteiger partial charge in [-0.25, -0.2) is 0 Å². The first-order chi connectivity index (χ1) is 10.1. The van der Waals surface area contributed by atoms with Gasteiger partial charge in [0.1, 0.15) is 0 Å². The number of carbonyl (C=O) groups is 1. The molecule has 0 spiro atoms. The first kappa shape index (κ1) is 14.5. The summed E-state index contributed by atoms with van der Waals surface area (Å²) in [6.07, 6.45) is 0.0893. The van der Waals surface area contributed by atoms with E-state index in [1.807, 2.05) is 29.2 Å². The van der Waals surface area contributed by atoms with Crippen LogP contribution in [0.1, 0.15) is 12.0 Å². The number of benzene rings is 1. The van der Waals surface area contributed by atoms with Crippen LogP contribution in [0.3, 0.4) is 0 Å². The van der Waals surface area contributed by atoms with Gasteiger partial charge in [-0.05, 0) is 12.1 Å². The van der Waals surface area contributed by atoms with Gasteiger partial charge in [-0.1, -0.05) is 33.2 Å². The van der Waals surface area contributed by atoms with Crippen molar-refractivity contribution in [3.8, 4) is 0 Å². The lowest BCUT2D eigenvalue weighted by Gasteiger charge is -2.31. The lowest BCUT2D eigenvalue weighted by molar-refractivity contribution is -0.883. The molecule has 1 saturated heterocycles. The van der Waals surface area contributed by atoms with Crippen molar-refractivity contribution in [3.63, 3.8) is 0 Å². The fraction of sp³-hybridized carbons (Fsp3) is 0.467. The van der Waals surface area contributed by atoms with Crippen molar-refractivity contribution in [1.82, 2.24) is 4.90 Å². The Hall–Kier alpha value is -1.40. The summed E-state index contributed by atoms with van der Waals surface area (Å²) in [5.41, 5.74) is 1.84. The predicted octanol–water partition coefficient (Wildman–Crippen LogP) is 0.299. The summed E-state index contributed by atoms with van der Waals surface area (Å²) in [5.74, 6) is 0.0660. The van der Waals surface area contributed by atoms with Crippen LogP contribution >= 0.6 is 15.9 Å². The largest absolute Gasteiger partial charge is 0.382 e. The average Bonchev–Trinajstić information content (AvgIpc) is 2.97. The Morgan fingerprint density at radius 2 is 2.19 bits per heavy atom. The zero-order valence-electron chi connectivity index (χ0n) is 12.0. The highest BCUT2D eigenvalue weighted by Crippen LogP contribution is 2.21. The lowest BCUT2D eigenvalue weighted by Crippen LogP contribution is -3.12. The number of piperazine rings is 1. The minimum absolute atomic E-state index is 0.0660. The molecular weight excluding hydrogens is 334 g/mol. The van der Waals surface area contributed by atoms with E-state index in [-0.39, 0.29) is 5.91 Å². The van der Waals surface area contributed by atoms with Crippen molar-refractivity contribution in [2.24, 2.45) is 5.16 Å². The molecule has 1 N–H and O–H groups in total. The van der Waals surface area contributed by atoms with Crippen molar-refractivity contribution in [1.29, 1.82) is 0 Å². The van der Waals surface area contributed by atoms with Crippen molar-refractivity contribution >= 4 is 27.5 Å². The molecule has 21 heavy (non-hydrogen) atoms. The number of nitrogens with one attached hydrogen (secondary N) is 1. The maximum Gasteiger partial charge on any atom is 0.267 e. The quantitative estimate of drug-likeness (QED) is 0.832. The molecule has 6 heteroatoms. The van der Waals surface area contributed by atoms with E-state index < -0.39 is 6.10 Å². The van der Waals surface area contributed by atoms with E-state index in [0.29, 0.717) is 6.42 Å². The Balaban J connectivity index is 1.62. The maximum atomic E-state index is 12.5. The molecule has 0 unspecified atom stereocenters. The van der Waals surface area contributed by atoms with E-state index >= 15 is 0 Å². The van der Waals surface area contributed by atoms with E-state index in [0.717, 1.165) is 41.9 Å². The van der Waals surface area contributed by atoms with E-state index in [4.69, 9.17) is 4.84 Å². The third-order valence-corrected chi connectivity index (χ3v) is 4.52. The SMILES string of the molecule is C[NH+]1CCN(C(=O)[C@H]2CC(c3cccc(Br)c3)=NO2)CC1. The zero-order valence-corrected chi connectivity index (χ0v) is 13.6. The van der Waals surface area contributed by atoms with Gasteiger partial charge >= 0.3 is 0 Å². The van der Waals surface area contributed by atoms with Gasteiger partial charge in [0.05, 0.1) is 38.9 Å². The third-order valence-electron chi connectivity index (χ3n) is 4.03. The molecule has 3 rings (SSSR count). The second-order valence-electron chi connectivity index (χ2n) is 5.63. The summed E-state index contributed by atoms with van der Waals surface area (Å²) in [6.45, 7) is 3.60. The molecule has 1 amide bonds. The first-order valence-corrected chi connectivity index (χ1v) is 8.01. The third kappa shape index (κ3) is 3.27. The highest BCUT2D eigenvalue weighted by Gasteiger charge is 2.34. The molecule has 2 aliphatic heterocycles. The molecular formula is C15H19BrN3O2+. The number of halogens is 1. The molecule has 1 aromatic rings. The molecule has 1 aromatic carbocycles. The average molecular weight is 353 g/mol. The zero-order chi connectivity index (χ0) is 14.8. The number of carbonyl (C=O) groups excluding carboxylic acids is 1. The highest BCUT2D eigenvalue weighted by atomic mass is 79.9. The Kier molecular flexibility index (Phi) is 4.26. The van der Waals surface area contributed by atoms with Crippen LogP contribution in [0.5, 0.6) is 0 Å². The minimum Gasteiger partial charge on any atom is -0.382 e. The summed E-state index contributed by atoms with van der Waals surface area (Å²) >= 11 is 3.45. The second kappa shape index (κ2) is 6.15. The topological polar surface area (TPSA) is 46.3 Å². The molecule has 0 bridgehead atoms. The van der Waals surface area contributed by atoms with Gasteiger partial charge < -0.3 is 14.6 Å². The molecule has 2 heterocycles. The summed E-state index contributed by atoms with van der Waals surface area (Å²) < 4.78 is 1.000. The van der Waals surface area contributed by atoms with Crippen molar-refractivity contribution in [2.75, 3.05) is 33.2 Å². The molecule has 0 aromatic heterocycles. The molecule has 1 atom stereocenters. The highest BCUT2D eigenvalue weighted by molar-refractivity contribution is 9.10. The molecule has 0 saturated carbocycles. The van der Waals surface area contributed by atoms with Crippen molar-refractivity contribution in [3.05, 3.63) is 34.3 Å². The van der Waals surface area contributed by atoms with Gasteiger partial charge in [0.25, 0.3) is 5.91 Å². The summed E-state index contributed by atoms with van der Waals surface area (Å²) in [5, 5.41) is 4.10. The van der Waals surface area contributed by atoms with E-state index in [2.05, 4.69) is 28.1 Å². The number of nitrogens with zero attached hydrogens (tertiary/aromatic N) is 2. The van der Waals surface area contributed by atoms with Crippen LogP contribution < -0.4 is 4.90 Å². The molecule has 0 aliphatic carbocycles. The summed E-state index contributed by atoms with van der Waals surface area (Å²) in [7, 11) is 2.16. The van der Waals surface area contributed by atoms with Crippen LogP contribution in [0.15, 0.2) is 33.9 Å². The Labute approximate surface area is 132 Å². The van der Waals surface area contributed by atoms with Crippen LogP contribution in [-0.2, 0) is 9.63 Å². The van der Waals surface area contributed by atoms with Crippen LogP contribution in [0.4, 0.5) is 0 Å². The number of quaternary nitrogens is 1. The van der Waals surface area contributed by atoms with Crippen molar-refractivity contribution < 1.29 is 14.5 Å². The normalized spacial score (nSPS) is 22.9. The number of amides is 1. The second-order valence-corrected chi connectivity index (χ2v) is 6.54. The van der Waals surface area contributed by atoms with E-state index in [9.17, 15) is 4.79 Å². The smallest absolute Gasteiger partial charge is 0.267 e. The molecule has 0 radical (unpaired) electrons. The van der Waals surface area contributed by atoms with Crippen LogP contribution in [0.25, 0.3) is 0 Å². The molecule has 2 aliphatic rings. The number of hydrogen-bond donors (Lipinski definition) is 1. The Bertz CT molecular complexity index is 568. The molecule has 1 fully saturated rings. The number of oxime groups is 1. The van der Waals surface area contributed by atoms with Gasteiger partial charge in [-0.3, -0.25) is 4.79 Å². The van der Waals surface area contributed by atoms with Crippen LogP contribution in [-0.4, -0.2) is 55.8 Å². The van der Waals surface area contributed by atoms with Gasteiger partial charge in [0.15, 0.2) is 0 Å². The summed E-state index contributed by atoms with van der Waals surface area (Å²) in [4.78, 5) is 21.2. The number of rotatable bonds is 2. The lowest BCUT2D eigenvalue weighted by atomic mass is 10.0. The van der Waals surface area contributed by atoms with Gasteiger partial charge in [0.2, 0.25) is 6.10 Å². The first-order valence-electron chi connectivity index (χ1n) is 7.22. The fourth-order valence-electron chi connectivity index (χ4n) is 2.66. The Morgan fingerprint density at radius 3 is 2.90 bits per heavy atom. The van der Waals surface area contributed by atoms with Gasteiger partial charge in [-0.2, -0.15) is 0 Å². The van der Waals surface area contributed by atoms with Gasteiger partial charge in [0, 0.05) is 16.5 Å². The van der Waals surface area contributed by atoms with Crippen LogP contribution in [0.2, 0.25) is 0 Å². The molecule has 5 nitrogen and oxygen atoms in total. The molecule has 112 valence electrons. The fourth-order valence-corrected chi connectivity index (χ4v) is 3.06. The minimum atomic E-state index is -0.461. The maximum absolute atomic E-state index is 12.5.